The molecule has 7 heteroatoms. The average Bonchev–Trinajstić information content (AvgIpc) is 3.15. The molecule has 2 heterocycles. The molecule has 0 radical (unpaired) electrons. The topological polar surface area (TPSA) is 102 Å². The Morgan fingerprint density at radius 1 is 1.33 bits per heavy atom. The number of fused-ring (bicyclic) bond motifs is 1. The molecule has 3 rings (SSSR count). The van der Waals surface area contributed by atoms with E-state index >= 15 is 0 Å². The third kappa shape index (κ3) is 2.97. The van der Waals surface area contributed by atoms with Crippen LogP contribution in [-0.2, 0) is 9.59 Å². The van der Waals surface area contributed by atoms with E-state index < -0.39 is 11.9 Å². The molecule has 2 aromatic rings. The maximum atomic E-state index is 12.2. The molecule has 1 aromatic heterocycles. The van der Waals surface area contributed by atoms with E-state index in [4.69, 9.17) is 5.11 Å². The van der Waals surface area contributed by atoms with Gasteiger partial charge >= 0.3 is 5.97 Å². The van der Waals surface area contributed by atoms with Gasteiger partial charge in [0.15, 0.2) is 0 Å². The molecule has 1 saturated heterocycles. The third-order valence-electron chi connectivity index (χ3n) is 4.57. The lowest BCUT2D eigenvalue weighted by Crippen LogP contribution is -2.43. The van der Waals surface area contributed by atoms with E-state index in [1.807, 2.05) is 24.3 Å². The molecule has 126 valence electrons. The number of aliphatic carboxylic acids is 1. The van der Waals surface area contributed by atoms with Gasteiger partial charge in [-0.1, -0.05) is 18.2 Å². The summed E-state index contributed by atoms with van der Waals surface area (Å²) in [5.74, 6) is -2.06. The van der Waals surface area contributed by atoms with Crippen LogP contribution in [0, 0.1) is 5.92 Å². The van der Waals surface area contributed by atoms with Gasteiger partial charge in [0.2, 0.25) is 5.91 Å². The first-order valence-corrected chi connectivity index (χ1v) is 7.85. The molecular formula is C17H19N3O4. The fourth-order valence-corrected chi connectivity index (χ4v) is 3.17. The van der Waals surface area contributed by atoms with Crippen LogP contribution >= 0.6 is 0 Å². The summed E-state index contributed by atoms with van der Waals surface area (Å²) in [5, 5.41) is 12.6. The standard InChI is InChI=1S/C17H19N3O4/c1-10-12(17(23)24)6-7-20(10)15(21)9-18-16(22)14-8-11-4-2-3-5-13(11)19-14/h2-5,8,10,12,19H,6-7,9H2,1H3,(H,18,22)(H,23,24). The van der Waals surface area contributed by atoms with E-state index in [1.54, 1.807) is 13.0 Å². The van der Waals surface area contributed by atoms with E-state index in [0.717, 1.165) is 10.9 Å². The summed E-state index contributed by atoms with van der Waals surface area (Å²) in [5.41, 5.74) is 1.24. The van der Waals surface area contributed by atoms with Crippen LogP contribution in [0.5, 0.6) is 0 Å². The number of aromatic amines is 1. The van der Waals surface area contributed by atoms with E-state index in [-0.39, 0.29) is 24.4 Å². The van der Waals surface area contributed by atoms with Crippen molar-refractivity contribution in [3.63, 3.8) is 0 Å². The molecule has 0 spiro atoms. The zero-order valence-corrected chi connectivity index (χ0v) is 13.3. The highest BCUT2D eigenvalue weighted by atomic mass is 16.4. The number of benzene rings is 1. The smallest absolute Gasteiger partial charge is 0.308 e. The van der Waals surface area contributed by atoms with Crippen molar-refractivity contribution >= 4 is 28.7 Å². The van der Waals surface area contributed by atoms with Crippen LogP contribution in [-0.4, -0.2) is 51.9 Å². The number of H-pyrrole nitrogens is 1. The predicted molar refractivity (Wildman–Crippen MR) is 87.5 cm³/mol. The summed E-state index contributed by atoms with van der Waals surface area (Å²) in [6, 6.07) is 8.89. The van der Waals surface area contributed by atoms with Crippen LogP contribution in [0.2, 0.25) is 0 Å². The molecule has 1 aromatic carbocycles. The van der Waals surface area contributed by atoms with Gasteiger partial charge in [-0.25, -0.2) is 0 Å². The van der Waals surface area contributed by atoms with Gasteiger partial charge < -0.3 is 20.3 Å². The number of aromatic nitrogens is 1. The molecule has 0 bridgehead atoms. The lowest BCUT2D eigenvalue weighted by atomic mass is 10.0. The maximum Gasteiger partial charge on any atom is 0.308 e. The Morgan fingerprint density at radius 3 is 2.75 bits per heavy atom. The Bertz CT molecular complexity index is 765. The highest BCUT2D eigenvalue weighted by Crippen LogP contribution is 2.24. The summed E-state index contributed by atoms with van der Waals surface area (Å²) in [6.45, 7) is 1.98. The first kappa shape index (κ1) is 16.0. The molecule has 2 unspecified atom stereocenters. The second-order valence-electron chi connectivity index (χ2n) is 6.01. The normalized spacial score (nSPS) is 20.3. The van der Waals surface area contributed by atoms with Gasteiger partial charge in [-0.15, -0.1) is 0 Å². The Kier molecular flexibility index (Phi) is 4.24. The summed E-state index contributed by atoms with van der Waals surface area (Å²) in [6.07, 6.45) is 0.443. The number of nitrogens with one attached hydrogen (secondary N) is 2. The largest absolute Gasteiger partial charge is 0.481 e. The molecule has 2 atom stereocenters. The first-order chi connectivity index (χ1) is 11.5. The molecule has 1 aliphatic rings. The van der Waals surface area contributed by atoms with Crippen LogP contribution in [0.25, 0.3) is 10.9 Å². The van der Waals surface area contributed by atoms with E-state index in [1.165, 1.54) is 4.90 Å². The number of rotatable bonds is 4. The Balaban J connectivity index is 1.60. The van der Waals surface area contributed by atoms with Crippen molar-refractivity contribution in [3.8, 4) is 0 Å². The van der Waals surface area contributed by atoms with Crippen LogP contribution in [0.15, 0.2) is 30.3 Å². The molecule has 0 aliphatic carbocycles. The molecule has 3 N–H and O–H groups in total. The third-order valence-corrected chi connectivity index (χ3v) is 4.57. The highest BCUT2D eigenvalue weighted by molar-refractivity contribution is 5.99. The molecular weight excluding hydrogens is 310 g/mol. The summed E-state index contributed by atoms with van der Waals surface area (Å²) < 4.78 is 0. The van der Waals surface area contributed by atoms with Gasteiger partial charge in [-0.05, 0) is 25.5 Å². The van der Waals surface area contributed by atoms with Gasteiger partial charge in [0.05, 0.1) is 12.5 Å². The summed E-state index contributed by atoms with van der Waals surface area (Å²) in [7, 11) is 0. The summed E-state index contributed by atoms with van der Waals surface area (Å²) >= 11 is 0. The minimum absolute atomic E-state index is 0.148. The Hall–Kier alpha value is -2.83. The van der Waals surface area contributed by atoms with Gasteiger partial charge in [-0.3, -0.25) is 14.4 Å². The first-order valence-electron chi connectivity index (χ1n) is 7.85. The fourth-order valence-electron chi connectivity index (χ4n) is 3.17. The summed E-state index contributed by atoms with van der Waals surface area (Å²) in [4.78, 5) is 40.0. The lowest BCUT2D eigenvalue weighted by molar-refractivity contribution is -0.143. The molecule has 24 heavy (non-hydrogen) atoms. The molecule has 1 fully saturated rings. The minimum atomic E-state index is -0.889. The number of hydrogen-bond donors (Lipinski definition) is 3. The second kappa shape index (κ2) is 6.35. The van der Waals surface area contributed by atoms with Gasteiger partial charge in [0, 0.05) is 23.5 Å². The minimum Gasteiger partial charge on any atom is -0.481 e. The van der Waals surface area contributed by atoms with Gasteiger partial charge in [0.1, 0.15) is 5.69 Å². The highest BCUT2D eigenvalue weighted by Gasteiger charge is 2.37. The molecule has 1 aliphatic heterocycles. The molecule has 7 nitrogen and oxygen atoms in total. The van der Waals surface area contributed by atoms with Gasteiger partial charge in [-0.2, -0.15) is 0 Å². The number of hydrogen-bond acceptors (Lipinski definition) is 3. The maximum absolute atomic E-state index is 12.2. The van der Waals surface area contributed by atoms with Crippen molar-refractivity contribution in [1.82, 2.24) is 15.2 Å². The number of carbonyl (C=O) groups excluding carboxylic acids is 2. The van der Waals surface area contributed by atoms with Crippen molar-refractivity contribution in [2.24, 2.45) is 5.92 Å². The van der Waals surface area contributed by atoms with Crippen molar-refractivity contribution in [1.29, 1.82) is 0 Å². The van der Waals surface area contributed by atoms with Crippen LogP contribution in [0.4, 0.5) is 0 Å². The Labute approximate surface area is 138 Å². The quantitative estimate of drug-likeness (QED) is 0.785. The van der Waals surface area contributed by atoms with Crippen molar-refractivity contribution in [3.05, 3.63) is 36.0 Å². The van der Waals surface area contributed by atoms with E-state index in [2.05, 4.69) is 10.3 Å². The monoisotopic (exact) mass is 329 g/mol. The van der Waals surface area contributed by atoms with Crippen LogP contribution in [0.1, 0.15) is 23.8 Å². The average molecular weight is 329 g/mol. The number of nitrogens with zero attached hydrogens (tertiary/aromatic N) is 1. The molecule has 0 saturated carbocycles. The van der Waals surface area contributed by atoms with Gasteiger partial charge in [0.25, 0.3) is 5.91 Å². The number of amides is 2. The SMILES string of the molecule is CC1C(C(=O)O)CCN1C(=O)CNC(=O)c1cc2ccccc2[nH]1. The second-order valence-corrected chi connectivity index (χ2v) is 6.01. The van der Waals surface area contributed by atoms with E-state index in [0.29, 0.717) is 18.7 Å². The number of para-hydroxylation sites is 1. The fraction of sp³-hybridized carbons (Fsp3) is 0.353. The number of carbonyl (C=O) groups is 3. The van der Waals surface area contributed by atoms with E-state index in [9.17, 15) is 14.4 Å². The Morgan fingerprint density at radius 2 is 2.08 bits per heavy atom. The predicted octanol–water partition coefficient (Wildman–Crippen LogP) is 1.22. The zero-order valence-electron chi connectivity index (χ0n) is 13.3. The molecule has 2 amide bonds. The van der Waals surface area contributed by atoms with Crippen molar-refractivity contribution < 1.29 is 19.5 Å². The lowest BCUT2D eigenvalue weighted by Gasteiger charge is -2.23. The van der Waals surface area contributed by atoms with Crippen LogP contribution < -0.4 is 5.32 Å². The number of likely N-dealkylation sites (tertiary alicyclic amines) is 1. The van der Waals surface area contributed by atoms with Crippen molar-refractivity contribution in [2.45, 2.75) is 19.4 Å². The zero-order chi connectivity index (χ0) is 17.3. The number of carboxylic acids is 1. The van der Waals surface area contributed by atoms with Crippen molar-refractivity contribution in [2.75, 3.05) is 13.1 Å². The van der Waals surface area contributed by atoms with Crippen LogP contribution in [0.3, 0.4) is 0 Å². The number of carboxylic acid groups (broad SMARTS) is 1.